The van der Waals surface area contributed by atoms with E-state index < -0.39 is 28.5 Å². The van der Waals surface area contributed by atoms with E-state index in [2.05, 4.69) is 10.0 Å². The minimum absolute atomic E-state index is 0.0368. The van der Waals surface area contributed by atoms with Crippen molar-refractivity contribution in [3.05, 3.63) is 53.6 Å². The molecule has 0 aromatic heterocycles. The van der Waals surface area contributed by atoms with Gasteiger partial charge in [0.2, 0.25) is 10.0 Å². The molecule has 1 amide bonds. The van der Waals surface area contributed by atoms with Crippen LogP contribution in [0.15, 0.2) is 52.3 Å². The highest BCUT2D eigenvalue weighted by atomic mass is 32.2. The van der Waals surface area contributed by atoms with Crippen LogP contribution in [0, 0.1) is 6.92 Å². The summed E-state index contributed by atoms with van der Waals surface area (Å²) in [6.07, 6.45) is 1.95. The number of hydrogen-bond acceptors (Lipinski definition) is 6. The standard InChI is InChI=1S/C19H22N2O5S2/c1-4-20-28(24,25)16-10-5-13(2)17(11-16)19(23)26-12-18(22)21-14-6-8-15(27-3)9-7-14/h5-11,20H,4,12H2,1-3H3,(H,21,22). The van der Waals surface area contributed by atoms with Crippen molar-refractivity contribution in [2.45, 2.75) is 23.6 Å². The Labute approximate surface area is 168 Å². The third-order valence-electron chi connectivity index (χ3n) is 3.78. The second-order valence-electron chi connectivity index (χ2n) is 5.83. The molecule has 2 rings (SSSR count). The second-order valence-corrected chi connectivity index (χ2v) is 8.48. The summed E-state index contributed by atoms with van der Waals surface area (Å²) in [5.74, 6) is -1.25. The van der Waals surface area contributed by atoms with Crippen molar-refractivity contribution >= 4 is 39.3 Å². The normalized spacial score (nSPS) is 11.1. The van der Waals surface area contributed by atoms with Crippen molar-refractivity contribution in [2.75, 3.05) is 24.7 Å². The molecule has 0 aliphatic carbocycles. The van der Waals surface area contributed by atoms with Crippen molar-refractivity contribution in [1.82, 2.24) is 4.72 Å². The molecule has 150 valence electrons. The third kappa shape index (κ3) is 5.82. The molecule has 0 aliphatic rings. The highest BCUT2D eigenvalue weighted by Gasteiger charge is 2.19. The van der Waals surface area contributed by atoms with Crippen molar-refractivity contribution < 1.29 is 22.7 Å². The molecule has 28 heavy (non-hydrogen) atoms. The number of hydrogen-bond donors (Lipinski definition) is 2. The molecule has 0 aliphatic heterocycles. The van der Waals surface area contributed by atoms with Crippen LogP contribution in [0.1, 0.15) is 22.8 Å². The summed E-state index contributed by atoms with van der Waals surface area (Å²) < 4.78 is 31.6. The number of nitrogens with one attached hydrogen (secondary N) is 2. The van der Waals surface area contributed by atoms with Crippen molar-refractivity contribution in [3.63, 3.8) is 0 Å². The molecule has 0 spiro atoms. The highest BCUT2D eigenvalue weighted by molar-refractivity contribution is 7.98. The Balaban J connectivity index is 2.03. The lowest BCUT2D eigenvalue weighted by Crippen LogP contribution is -2.24. The predicted octanol–water partition coefficient (Wildman–Crippen LogP) is 2.81. The lowest BCUT2D eigenvalue weighted by molar-refractivity contribution is -0.119. The van der Waals surface area contributed by atoms with Crippen LogP contribution < -0.4 is 10.0 Å². The first-order chi connectivity index (χ1) is 13.3. The van der Waals surface area contributed by atoms with E-state index in [4.69, 9.17) is 4.74 Å². The molecular weight excluding hydrogens is 400 g/mol. The van der Waals surface area contributed by atoms with Gasteiger partial charge in [0, 0.05) is 17.1 Å². The minimum atomic E-state index is -3.70. The lowest BCUT2D eigenvalue weighted by Gasteiger charge is -2.10. The molecule has 9 heteroatoms. The first kappa shape index (κ1) is 21.9. The molecule has 0 radical (unpaired) electrons. The first-order valence-corrected chi connectivity index (χ1v) is 11.2. The topological polar surface area (TPSA) is 102 Å². The summed E-state index contributed by atoms with van der Waals surface area (Å²) in [7, 11) is -3.70. The molecule has 2 N–H and O–H groups in total. The molecule has 0 fully saturated rings. The molecule has 0 unspecified atom stereocenters. The molecule has 0 atom stereocenters. The van der Waals surface area contributed by atoms with Crippen LogP contribution >= 0.6 is 11.8 Å². The predicted molar refractivity (Wildman–Crippen MR) is 109 cm³/mol. The molecule has 0 heterocycles. The van der Waals surface area contributed by atoms with Gasteiger partial charge in [-0.25, -0.2) is 17.9 Å². The number of amides is 1. The van der Waals surface area contributed by atoms with Gasteiger partial charge < -0.3 is 10.1 Å². The molecule has 0 bridgehead atoms. The SMILES string of the molecule is CCNS(=O)(=O)c1ccc(C)c(C(=O)OCC(=O)Nc2ccc(SC)cc2)c1. The van der Waals surface area contributed by atoms with Crippen LogP contribution in [0.2, 0.25) is 0 Å². The Hall–Kier alpha value is -2.36. The van der Waals surface area contributed by atoms with Gasteiger partial charge in [-0.2, -0.15) is 0 Å². The quantitative estimate of drug-likeness (QED) is 0.501. The summed E-state index contributed by atoms with van der Waals surface area (Å²) in [6, 6.07) is 11.4. The van der Waals surface area contributed by atoms with Gasteiger partial charge in [0.15, 0.2) is 6.61 Å². The van der Waals surface area contributed by atoms with Crippen molar-refractivity contribution in [2.24, 2.45) is 0 Å². The van der Waals surface area contributed by atoms with E-state index >= 15 is 0 Å². The van der Waals surface area contributed by atoms with Crippen LogP contribution in [0.5, 0.6) is 0 Å². The summed E-state index contributed by atoms with van der Waals surface area (Å²) in [5, 5.41) is 2.64. The Bertz CT molecular complexity index is 957. The lowest BCUT2D eigenvalue weighted by atomic mass is 10.1. The fourth-order valence-corrected chi connectivity index (χ4v) is 3.82. The average Bonchev–Trinajstić information content (AvgIpc) is 2.67. The van der Waals surface area contributed by atoms with Gasteiger partial charge in [0.1, 0.15) is 0 Å². The van der Waals surface area contributed by atoms with E-state index in [0.29, 0.717) is 11.3 Å². The number of carbonyl (C=O) groups excluding carboxylic acids is 2. The number of carbonyl (C=O) groups is 2. The van der Waals surface area contributed by atoms with E-state index in [1.807, 2.05) is 18.4 Å². The highest BCUT2D eigenvalue weighted by Crippen LogP contribution is 2.18. The number of anilines is 1. The number of benzene rings is 2. The van der Waals surface area contributed by atoms with E-state index in [1.54, 1.807) is 37.7 Å². The molecule has 0 saturated heterocycles. The van der Waals surface area contributed by atoms with Gasteiger partial charge in [-0.3, -0.25) is 4.79 Å². The maximum Gasteiger partial charge on any atom is 0.338 e. The number of ether oxygens (including phenoxy) is 1. The Morgan fingerprint density at radius 1 is 1.11 bits per heavy atom. The zero-order valence-electron chi connectivity index (χ0n) is 15.8. The smallest absolute Gasteiger partial charge is 0.338 e. The monoisotopic (exact) mass is 422 g/mol. The van der Waals surface area contributed by atoms with Crippen molar-refractivity contribution in [3.8, 4) is 0 Å². The van der Waals surface area contributed by atoms with E-state index in [1.165, 1.54) is 18.2 Å². The average molecular weight is 423 g/mol. The number of thioether (sulfide) groups is 1. The van der Waals surface area contributed by atoms with Crippen LogP contribution in [0.4, 0.5) is 5.69 Å². The molecule has 2 aromatic rings. The summed E-state index contributed by atoms with van der Waals surface area (Å²) in [5.41, 5.74) is 1.23. The summed E-state index contributed by atoms with van der Waals surface area (Å²) in [4.78, 5) is 25.3. The zero-order valence-corrected chi connectivity index (χ0v) is 17.4. The van der Waals surface area contributed by atoms with E-state index in [0.717, 1.165) is 4.90 Å². The Morgan fingerprint density at radius 3 is 2.39 bits per heavy atom. The Morgan fingerprint density at radius 2 is 1.79 bits per heavy atom. The number of aryl methyl sites for hydroxylation is 1. The minimum Gasteiger partial charge on any atom is -0.452 e. The van der Waals surface area contributed by atoms with Gasteiger partial charge >= 0.3 is 5.97 Å². The van der Waals surface area contributed by atoms with Crippen LogP contribution in [-0.2, 0) is 19.6 Å². The largest absolute Gasteiger partial charge is 0.452 e. The summed E-state index contributed by atoms with van der Waals surface area (Å²) >= 11 is 1.59. The van der Waals surface area contributed by atoms with Crippen LogP contribution in [0.3, 0.4) is 0 Å². The Kier molecular flexibility index (Phi) is 7.61. The van der Waals surface area contributed by atoms with Gasteiger partial charge in [-0.15, -0.1) is 11.8 Å². The molecule has 0 saturated carbocycles. The first-order valence-electron chi connectivity index (χ1n) is 8.48. The fraction of sp³-hybridized carbons (Fsp3) is 0.263. The number of esters is 1. The summed E-state index contributed by atoms with van der Waals surface area (Å²) in [6.45, 7) is 3.07. The molecule has 7 nitrogen and oxygen atoms in total. The van der Waals surface area contributed by atoms with Crippen LogP contribution in [-0.4, -0.2) is 39.7 Å². The maximum absolute atomic E-state index is 12.3. The van der Waals surface area contributed by atoms with Gasteiger partial charge in [-0.05, 0) is 55.1 Å². The number of rotatable bonds is 8. The zero-order chi connectivity index (χ0) is 20.7. The van der Waals surface area contributed by atoms with Gasteiger partial charge in [-0.1, -0.05) is 13.0 Å². The van der Waals surface area contributed by atoms with Crippen LogP contribution in [0.25, 0.3) is 0 Å². The third-order valence-corrected chi connectivity index (χ3v) is 6.07. The van der Waals surface area contributed by atoms with E-state index in [-0.39, 0.29) is 17.0 Å². The second kappa shape index (κ2) is 9.72. The van der Waals surface area contributed by atoms with Crippen molar-refractivity contribution in [1.29, 1.82) is 0 Å². The van der Waals surface area contributed by atoms with E-state index in [9.17, 15) is 18.0 Å². The maximum atomic E-state index is 12.3. The fourth-order valence-electron chi connectivity index (χ4n) is 2.34. The molecular formula is C19H22N2O5S2. The number of sulfonamides is 1. The molecule has 2 aromatic carbocycles. The van der Waals surface area contributed by atoms with Gasteiger partial charge in [0.25, 0.3) is 5.91 Å². The van der Waals surface area contributed by atoms with Gasteiger partial charge in [0.05, 0.1) is 10.5 Å².